The zero-order valence-electron chi connectivity index (χ0n) is 13.8. The molecule has 25 heavy (non-hydrogen) atoms. The molecule has 0 atom stereocenters. The maximum absolute atomic E-state index is 12.6. The number of likely N-dealkylation sites (tertiary alicyclic amines) is 1. The van der Waals surface area contributed by atoms with Crippen LogP contribution in [0.3, 0.4) is 0 Å². The molecule has 3 heterocycles. The van der Waals surface area contributed by atoms with Gasteiger partial charge < -0.3 is 0 Å². The maximum atomic E-state index is 12.6. The number of piperidine rings is 1. The summed E-state index contributed by atoms with van der Waals surface area (Å²) in [6.07, 6.45) is -0.123. The van der Waals surface area contributed by atoms with E-state index in [0.29, 0.717) is 12.6 Å². The molecule has 10 heteroatoms. The number of alkyl halides is 3. The summed E-state index contributed by atoms with van der Waals surface area (Å²) < 4.78 is 38.9. The van der Waals surface area contributed by atoms with Gasteiger partial charge in [-0.15, -0.1) is 0 Å². The lowest BCUT2D eigenvalue weighted by molar-refractivity contribution is -0.141. The van der Waals surface area contributed by atoms with Gasteiger partial charge in [0.1, 0.15) is 0 Å². The van der Waals surface area contributed by atoms with E-state index in [4.69, 9.17) is 0 Å². The number of aryl methyl sites for hydroxylation is 1. The first-order valence-corrected chi connectivity index (χ1v) is 8.02. The van der Waals surface area contributed by atoms with Gasteiger partial charge in [-0.05, 0) is 31.8 Å². The predicted octanol–water partition coefficient (Wildman–Crippen LogP) is 1.30. The van der Waals surface area contributed by atoms with Crippen molar-refractivity contribution in [1.82, 2.24) is 29.4 Å². The monoisotopic (exact) mass is 356 g/mol. The van der Waals surface area contributed by atoms with Gasteiger partial charge in [0.2, 0.25) is 0 Å². The molecule has 0 bridgehead atoms. The third-order valence-corrected chi connectivity index (χ3v) is 4.36. The molecule has 0 radical (unpaired) electrons. The molecular weight excluding hydrogens is 337 g/mol. The molecule has 0 aliphatic carbocycles. The molecule has 3 rings (SSSR count). The van der Waals surface area contributed by atoms with Crippen molar-refractivity contribution in [3.05, 3.63) is 40.3 Å². The van der Waals surface area contributed by atoms with Crippen LogP contribution in [0.1, 0.15) is 24.2 Å². The summed E-state index contributed by atoms with van der Waals surface area (Å²) in [5.41, 5.74) is -0.902. The average molecular weight is 356 g/mol. The van der Waals surface area contributed by atoms with Crippen LogP contribution in [0.25, 0.3) is 0 Å². The fraction of sp³-hybridized carbons (Fsp3) is 0.600. The fourth-order valence-corrected chi connectivity index (χ4v) is 3.01. The van der Waals surface area contributed by atoms with E-state index in [9.17, 15) is 18.0 Å². The van der Waals surface area contributed by atoms with Crippen molar-refractivity contribution in [2.24, 2.45) is 13.0 Å². The average Bonchev–Trinajstić information content (AvgIpc) is 2.95. The molecule has 0 unspecified atom stereocenters. The van der Waals surface area contributed by atoms with Gasteiger partial charge in [0.15, 0.2) is 5.69 Å². The van der Waals surface area contributed by atoms with E-state index in [1.165, 1.54) is 9.36 Å². The zero-order valence-corrected chi connectivity index (χ0v) is 13.8. The molecule has 0 aromatic carbocycles. The van der Waals surface area contributed by atoms with Crippen LogP contribution < -0.4 is 5.56 Å². The molecule has 0 spiro atoms. The van der Waals surface area contributed by atoms with Crippen molar-refractivity contribution in [3.63, 3.8) is 0 Å². The summed E-state index contributed by atoms with van der Waals surface area (Å²) in [5, 5.41) is 8.29. The molecule has 1 saturated heterocycles. The Hall–Kier alpha value is -2.23. The first-order valence-electron chi connectivity index (χ1n) is 8.02. The number of halogens is 3. The molecule has 1 aliphatic rings. The third kappa shape index (κ3) is 4.44. The molecule has 136 valence electrons. The van der Waals surface area contributed by atoms with Crippen LogP contribution in [-0.2, 0) is 26.3 Å². The Morgan fingerprint density at radius 2 is 2.00 bits per heavy atom. The molecule has 7 nitrogen and oxygen atoms in total. The molecule has 0 amide bonds. The summed E-state index contributed by atoms with van der Waals surface area (Å²) in [6.45, 7) is 2.82. The van der Waals surface area contributed by atoms with E-state index in [0.717, 1.165) is 44.5 Å². The van der Waals surface area contributed by atoms with Gasteiger partial charge in [-0.1, -0.05) is 0 Å². The lowest BCUT2D eigenvalue weighted by atomic mass is 9.96. The van der Waals surface area contributed by atoms with E-state index in [-0.39, 0.29) is 5.92 Å². The first kappa shape index (κ1) is 17.6. The van der Waals surface area contributed by atoms with Gasteiger partial charge in [0, 0.05) is 26.2 Å². The molecule has 0 N–H and O–H groups in total. The first-order chi connectivity index (χ1) is 11.8. The van der Waals surface area contributed by atoms with Crippen molar-refractivity contribution in [1.29, 1.82) is 0 Å². The molecule has 2 aromatic heterocycles. The van der Waals surface area contributed by atoms with Crippen LogP contribution in [0.2, 0.25) is 0 Å². The number of hydrogen-bond donors (Lipinski definition) is 0. The summed E-state index contributed by atoms with van der Waals surface area (Å²) >= 11 is 0. The number of hydrogen-bond acceptors (Lipinski definition) is 5. The number of rotatable bonds is 4. The molecular formula is C15H19F3N6O. The van der Waals surface area contributed by atoms with Gasteiger partial charge >= 0.3 is 6.18 Å². The lowest BCUT2D eigenvalue weighted by Crippen LogP contribution is -2.36. The Morgan fingerprint density at radius 3 is 2.56 bits per heavy atom. The normalized spacial score (nSPS) is 17.1. The smallest absolute Gasteiger partial charge is 0.299 e. The highest BCUT2D eigenvalue weighted by molar-refractivity contribution is 5.03. The summed E-state index contributed by atoms with van der Waals surface area (Å²) in [5.74, 6) is 0.245. The van der Waals surface area contributed by atoms with Gasteiger partial charge in [-0.3, -0.25) is 14.3 Å². The van der Waals surface area contributed by atoms with Crippen molar-refractivity contribution in [2.45, 2.75) is 32.1 Å². The predicted molar refractivity (Wildman–Crippen MR) is 82.5 cm³/mol. The minimum atomic E-state index is -4.59. The number of aromatic nitrogens is 5. The Labute approximate surface area is 142 Å². The quantitative estimate of drug-likeness (QED) is 0.826. The Morgan fingerprint density at radius 1 is 1.28 bits per heavy atom. The molecule has 1 aliphatic heterocycles. The minimum Gasteiger partial charge on any atom is -0.299 e. The van der Waals surface area contributed by atoms with Crippen LogP contribution in [-0.4, -0.2) is 42.5 Å². The highest BCUT2D eigenvalue weighted by Crippen LogP contribution is 2.26. The maximum Gasteiger partial charge on any atom is 0.433 e. The summed E-state index contributed by atoms with van der Waals surface area (Å²) in [6, 6.07) is 0.559. The number of nitrogens with zero attached hydrogens (tertiary/aromatic N) is 6. The van der Waals surface area contributed by atoms with E-state index in [1.807, 2.05) is 0 Å². The zero-order chi connectivity index (χ0) is 18.0. The summed E-state index contributed by atoms with van der Waals surface area (Å²) in [7, 11) is 1.77. The molecule has 2 aromatic rings. The lowest BCUT2D eigenvalue weighted by Gasteiger charge is -2.31. The highest BCUT2D eigenvalue weighted by atomic mass is 19.4. The highest BCUT2D eigenvalue weighted by Gasteiger charge is 2.33. The second-order valence-corrected chi connectivity index (χ2v) is 6.31. The van der Waals surface area contributed by atoms with E-state index in [1.54, 1.807) is 13.2 Å². The minimum absolute atomic E-state index is 0.245. The van der Waals surface area contributed by atoms with E-state index < -0.39 is 17.4 Å². The van der Waals surface area contributed by atoms with Crippen LogP contribution in [0.15, 0.2) is 23.4 Å². The van der Waals surface area contributed by atoms with Crippen molar-refractivity contribution in [2.75, 3.05) is 13.1 Å². The van der Waals surface area contributed by atoms with Gasteiger partial charge in [-0.2, -0.15) is 28.2 Å². The van der Waals surface area contributed by atoms with Gasteiger partial charge in [0.05, 0.1) is 18.2 Å². The third-order valence-electron chi connectivity index (χ3n) is 4.36. The standard InChI is InChI=1S/C15H19F3N6O/c1-22-20-7-12(21-22)9-23-4-2-11(3-5-23)8-24-10-19-13(6-14(24)25)15(16,17)18/h6-7,10-11H,2-5,8-9H2,1H3. The Balaban J connectivity index is 1.54. The van der Waals surface area contributed by atoms with Crippen molar-refractivity contribution < 1.29 is 13.2 Å². The van der Waals surface area contributed by atoms with Gasteiger partial charge in [0.25, 0.3) is 5.56 Å². The largest absolute Gasteiger partial charge is 0.433 e. The van der Waals surface area contributed by atoms with E-state index >= 15 is 0 Å². The topological polar surface area (TPSA) is 68.8 Å². The van der Waals surface area contributed by atoms with Crippen molar-refractivity contribution >= 4 is 0 Å². The Bertz CT molecular complexity index is 776. The molecule has 1 fully saturated rings. The van der Waals surface area contributed by atoms with Crippen LogP contribution >= 0.6 is 0 Å². The SMILES string of the molecule is Cn1ncc(CN2CCC(Cn3cnc(C(F)(F)F)cc3=O)CC2)n1. The second-order valence-electron chi connectivity index (χ2n) is 6.31. The summed E-state index contributed by atoms with van der Waals surface area (Å²) in [4.78, 5) is 19.0. The fourth-order valence-electron chi connectivity index (χ4n) is 3.01. The van der Waals surface area contributed by atoms with Crippen molar-refractivity contribution in [3.8, 4) is 0 Å². The van der Waals surface area contributed by atoms with Gasteiger partial charge in [-0.25, -0.2) is 4.98 Å². The van der Waals surface area contributed by atoms with Crippen LogP contribution in [0, 0.1) is 5.92 Å². The second kappa shape index (κ2) is 6.95. The Kier molecular flexibility index (Phi) is 4.89. The van der Waals surface area contributed by atoms with E-state index in [2.05, 4.69) is 20.1 Å². The van der Waals surface area contributed by atoms with Crippen LogP contribution in [0.5, 0.6) is 0 Å². The van der Waals surface area contributed by atoms with Crippen LogP contribution in [0.4, 0.5) is 13.2 Å². The molecule has 0 saturated carbocycles.